The largest absolute Gasteiger partial charge is 0.493 e. The van der Waals surface area contributed by atoms with E-state index in [1.54, 1.807) is 23.1 Å². The minimum Gasteiger partial charge on any atom is -0.493 e. The maximum atomic E-state index is 13.9. The van der Waals surface area contributed by atoms with Crippen LogP contribution in [0.4, 0.5) is 0 Å². The van der Waals surface area contributed by atoms with Crippen LogP contribution in [0.25, 0.3) is 0 Å². The molecule has 0 saturated carbocycles. The van der Waals surface area contributed by atoms with Crippen LogP contribution in [-0.4, -0.2) is 75.4 Å². The number of hydrogen-bond donors (Lipinski definition) is 1. The van der Waals surface area contributed by atoms with Crippen molar-refractivity contribution in [1.82, 2.24) is 10.2 Å². The van der Waals surface area contributed by atoms with E-state index in [1.807, 2.05) is 44.2 Å². The summed E-state index contributed by atoms with van der Waals surface area (Å²) in [6.07, 6.45) is -0.972. The van der Waals surface area contributed by atoms with Crippen LogP contribution in [0, 0.1) is 5.92 Å². The van der Waals surface area contributed by atoms with Gasteiger partial charge in [0.05, 0.1) is 13.2 Å². The van der Waals surface area contributed by atoms with Crippen molar-refractivity contribution in [2.45, 2.75) is 76.8 Å². The van der Waals surface area contributed by atoms with Crippen molar-refractivity contribution >= 4 is 52.0 Å². The van der Waals surface area contributed by atoms with Gasteiger partial charge in [0.25, 0.3) is 5.91 Å². The molecular formula is C31H42Br2N2O6Si. The van der Waals surface area contributed by atoms with E-state index >= 15 is 0 Å². The van der Waals surface area contributed by atoms with E-state index in [9.17, 15) is 9.59 Å². The van der Waals surface area contributed by atoms with Gasteiger partial charge in [0.15, 0.2) is 14.1 Å². The molecule has 11 heteroatoms. The van der Waals surface area contributed by atoms with Gasteiger partial charge in [-0.15, -0.1) is 0 Å². The molecule has 0 bridgehead atoms. The Morgan fingerprint density at radius 3 is 2.38 bits per heavy atom. The highest BCUT2D eigenvalue weighted by atomic mass is 79.9. The van der Waals surface area contributed by atoms with Gasteiger partial charge in [-0.05, 0) is 68.4 Å². The minimum atomic E-state index is -2.04. The molecular weight excluding hydrogens is 684 g/mol. The van der Waals surface area contributed by atoms with E-state index in [-0.39, 0.29) is 29.3 Å². The first-order valence-corrected chi connectivity index (χ1v) is 18.8. The molecule has 0 unspecified atom stereocenters. The fraction of sp³-hybridized carbons (Fsp3) is 0.548. The average molecular weight is 727 g/mol. The Hall–Kier alpha value is -1.76. The highest BCUT2D eigenvalue weighted by molar-refractivity contribution is 9.10. The Labute approximate surface area is 267 Å². The minimum absolute atomic E-state index is 0.0463. The number of rotatable bonds is 10. The number of nitrogens with one attached hydrogen (secondary N) is 1. The first kappa shape index (κ1) is 33.1. The van der Waals surface area contributed by atoms with Crippen molar-refractivity contribution in [2.24, 2.45) is 5.92 Å². The number of amides is 2. The molecule has 0 aliphatic carbocycles. The van der Waals surface area contributed by atoms with Gasteiger partial charge < -0.3 is 28.9 Å². The van der Waals surface area contributed by atoms with Crippen LogP contribution in [0.5, 0.6) is 5.75 Å². The van der Waals surface area contributed by atoms with E-state index < -0.39 is 32.4 Å². The topological polar surface area (TPSA) is 86.3 Å². The molecule has 0 spiro atoms. The smallest absolute Gasteiger partial charge is 0.254 e. The lowest BCUT2D eigenvalue weighted by molar-refractivity contribution is -0.162. The molecule has 0 aromatic heterocycles. The molecule has 42 heavy (non-hydrogen) atoms. The van der Waals surface area contributed by atoms with Crippen molar-refractivity contribution in [3.63, 3.8) is 0 Å². The van der Waals surface area contributed by atoms with Crippen LogP contribution >= 0.6 is 31.9 Å². The Bertz CT molecular complexity index is 1280. The average Bonchev–Trinajstić information content (AvgIpc) is 3.38. The van der Waals surface area contributed by atoms with Gasteiger partial charge >= 0.3 is 0 Å². The molecule has 1 N–H and O–H groups in total. The van der Waals surface area contributed by atoms with Crippen molar-refractivity contribution < 1.29 is 28.2 Å². The summed E-state index contributed by atoms with van der Waals surface area (Å²) in [5, 5.41) is 3.15. The van der Waals surface area contributed by atoms with E-state index in [4.69, 9.17) is 18.6 Å². The molecule has 2 aliphatic heterocycles. The van der Waals surface area contributed by atoms with Gasteiger partial charge in [-0.3, -0.25) is 9.59 Å². The van der Waals surface area contributed by atoms with Crippen LogP contribution in [0.1, 0.15) is 45.0 Å². The molecule has 2 aliphatic rings. The highest BCUT2D eigenvalue weighted by Crippen LogP contribution is 2.38. The lowest BCUT2D eigenvalue weighted by Crippen LogP contribution is -2.52. The molecule has 2 saturated heterocycles. The summed E-state index contributed by atoms with van der Waals surface area (Å²) in [7, 11) is -2.04. The quantitative estimate of drug-likeness (QED) is 0.286. The number of likely N-dealkylation sites (tertiary alicyclic amines) is 1. The monoisotopic (exact) mass is 724 g/mol. The summed E-state index contributed by atoms with van der Waals surface area (Å²) in [6.45, 7) is 16.1. The SMILES string of the molecule is CC1(C)O[C@@H]2[C@@H](CN(C(=O)c3cccc(Br)c3)[C@H]2C(=O)NC[C@H](COc2cccc(Br)c2)CO[Si](C)(C)C(C)(C)C)O1. The van der Waals surface area contributed by atoms with Crippen LogP contribution < -0.4 is 10.1 Å². The van der Waals surface area contributed by atoms with E-state index in [1.165, 1.54) is 0 Å². The second-order valence-electron chi connectivity index (χ2n) is 13.0. The maximum absolute atomic E-state index is 13.9. The molecule has 2 aromatic rings. The summed E-state index contributed by atoms with van der Waals surface area (Å²) >= 11 is 6.93. The number of halogens is 2. The third-order valence-electron chi connectivity index (χ3n) is 8.18. The maximum Gasteiger partial charge on any atom is 0.254 e. The Kier molecular flexibility index (Phi) is 10.3. The first-order valence-electron chi connectivity index (χ1n) is 14.3. The number of nitrogens with zero attached hydrogens (tertiary/aromatic N) is 1. The molecule has 4 atom stereocenters. The summed E-state index contributed by atoms with van der Waals surface area (Å²) in [5.74, 6) is -0.753. The second kappa shape index (κ2) is 13.1. The van der Waals surface area contributed by atoms with Crippen LogP contribution in [0.3, 0.4) is 0 Å². The van der Waals surface area contributed by atoms with E-state index in [0.717, 1.165) is 14.7 Å². The van der Waals surface area contributed by atoms with Crippen molar-refractivity contribution in [2.75, 3.05) is 26.3 Å². The van der Waals surface area contributed by atoms with Crippen molar-refractivity contribution in [3.8, 4) is 5.75 Å². The standard InChI is InChI=1S/C31H42Br2N2O6Si/c1-30(2,3)42(6,7)39-19-20(18-38-24-13-9-12-23(33)15-24)16-34-28(36)26-27-25(40-31(4,5)41-27)17-35(26)29(37)21-10-8-11-22(32)14-21/h8-15,20,25-27H,16-19H2,1-7H3,(H,34,36)/t20-,25-,26-,27-/m1/s1. The first-order chi connectivity index (χ1) is 19.6. The lowest BCUT2D eigenvalue weighted by atomic mass is 10.1. The highest BCUT2D eigenvalue weighted by Gasteiger charge is 2.56. The lowest BCUT2D eigenvalue weighted by Gasteiger charge is -2.37. The molecule has 2 heterocycles. The van der Waals surface area contributed by atoms with Crippen LogP contribution in [0.15, 0.2) is 57.5 Å². The van der Waals surface area contributed by atoms with Gasteiger partial charge in [0, 0.05) is 33.6 Å². The second-order valence-corrected chi connectivity index (χ2v) is 19.6. The molecule has 2 amide bonds. The van der Waals surface area contributed by atoms with Crippen molar-refractivity contribution in [3.05, 3.63) is 63.0 Å². The fourth-order valence-corrected chi connectivity index (χ4v) is 6.74. The van der Waals surface area contributed by atoms with Gasteiger partial charge in [0.2, 0.25) is 5.91 Å². The third kappa shape index (κ3) is 8.03. The fourth-order valence-electron chi connectivity index (χ4n) is 4.87. The summed E-state index contributed by atoms with van der Waals surface area (Å²) in [4.78, 5) is 29.1. The molecule has 0 radical (unpaired) electrons. The molecule has 8 nitrogen and oxygen atoms in total. The third-order valence-corrected chi connectivity index (χ3v) is 13.7. The van der Waals surface area contributed by atoms with Crippen LogP contribution in [-0.2, 0) is 18.7 Å². The molecule has 4 rings (SSSR count). The van der Waals surface area contributed by atoms with E-state index in [2.05, 4.69) is 71.0 Å². The Balaban J connectivity index is 1.50. The predicted octanol–water partition coefficient (Wildman–Crippen LogP) is 6.39. The van der Waals surface area contributed by atoms with Crippen LogP contribution in [0.2, 0.25) is 18.1 Å². The van der Waals surface area contributed by atoms with Gasteiger partial charge in [-0.2, -0.15) is 0 Å². The van der Waals surface area contributed by atoms with Gasteiger partial charge in [-0.1, -0.05) is 64.8 Å². The van der Waals surface area contributed by atoms with Crippen molar-refractivity contribution in [1.29, 1.82) is 0 Å². The summed E-state index contributed by atoms with van der Waals surface area (Å²) in [5.41, 5.74) is 0.490. The number of carbonyl (C=O) groups is 2. The molecule has 230 valence electrons. The zero-order chi connectivity index (χ0) is 30.9. The van der Waals surface area contributed by atoms with E-state index in [0.29, 0.717) is 25.3 Å². The van der Waals surface area contributed by atoms with Gasteiger partial charge in [-0.25, -0.2) is 0 Å². The summed E-state index contributed by atoms with van der Waals surface area (Å²) < 4.78 is 26.6. The number of fused-ring (bicyclic) bond motifs is 1. The Morgan fingerprint density at radius 2 is 1.74 bits per heavy atom. The zero-order valence-corrected chi connectivity index (χ0v) is 29.6. The number of hydrogen-bond acceptors (Lipinski definition) is 6. The summed E-state index contributed by atoms with van der Waals surface area (Å²) in [6, 6.07) is 14.0. The number of carbonyl (C=O) groups excluding carboxylic acids is 2. The number of benzene rings is 2. The number of ether oxygens (including phenoxy) is 3. The normalized spacial score (nSPS) is 22.5. The van der Waals surface area contributed by atoms with Gasteiger partial charge in [0.1, 0.15) is 24.0 Å². The Morgan fingerprint density at radius 1 is 1.07 bits per heavy atom. The molecule has 2 fully saturated rings. The molecule has 2 aromatic carbocycles. The predicted molar refractivity (Wildman–Crippen MR) is 172 cm³/mol. The zero-order valence-electron chi connectivity index (χ0n) is 25.4.